The fourth-order valence-corrected chi connectivity index (χ4v) is 3.97. The number of aryl methyl sites for hydroxylation is 1. The van der Waals surface area contributed by atoms with Gasteiger partial charge in [-0.3, -0.25) is 9.59 Å². The van der Waals surface area contributed by atoms with Crippen molar-refractivity contribution < 1.29 is 19.2 Å². The number of imidazole rings is 1. The number of H-pyrrole nitrogens is 1. The SMILES string of the molecule is Cc1cccc(-c2noc([C@@H]3Cc4nc[nH]c4CN3C(=O)CC(C)(C)CC(=O)O)n2)c1. The van der Waals surface area contributed by atoms with E-state index in [9.17, 15) is 9.59 Å². The van der Waals surface area contributed by atoms with Crippen LogP contribution in [0.15, 0.2) is 35.1 Å². The Balaban J connectivity index is 1.63. The normalized spacial score (nSPS) is 16.2. The zero-order valence-electron chi connectivity index (χ0n) is 17.8. The number of carboxylic acid groups (broad SMARTS) is 1. The number of hydrogen-bond acceptors (Lipinski definition) is 6. The number of nitrogens with one attached hydrogen (secondary N) is 1. The first-order valence-electron chi connectivity index (χ1n) is 10.1. The summed E-state index contributed by atoms with van der Waals surface area (Å²) in [5.41, 5.74) is 2.96. The first-order chi connectivity index (χ1) is 14.7. The molecule has 2 aromatic heterocycles. The number of carboxylic acids is 1. The Morgan fingerprint density at radius 3 is 2.87 bits per heavy atom. The Morgan fingerprint density at radius 1 is 1.32 bits per heavy atom. The van der Waals surface area contributed by atoms with Crippen molar-refractivity contribution in [3.8, 4) is 11.4 Å². The number of aromatic nitrogens is 4. The molecule has 31 heavy (non-hydrogen) atoms. The lowest BCUT2D eigenvalue weighted by molar-refractivity contribution is -0.142. The second kappa shape index (κ2) is 7.98. The predicted molar refractivity (Wildman–Crippen MR) is 111 cm³/mol. The van der Waals surface area contributed by atoms with E-state index in [1.807, 2.05) is 31.2 Å². The average molecular weight is 423 g/mol. The Labute approximate surface area is 179 Å². The van der Waals surface area contributed by atoms with Crippen LogP contribution in [0.4, 0.5) is 0 Å². The smallest absolute Gasteiger partial charge is 0.303 e. The van der Waals surface area contributed by atoms with Crippen molar-refractivity contribution in [1.29, 1.82) is 0 Å². The van der Waals surface area contributed by atoms with Crippen LogP contribution in [0.25, 0.3) is 11.4 Å². The fraction of sp³-hybridized carbons (Fsp3) is 0.409. The van der Waals surface area contributed by atoms with Crippen molar-refractivity contribution in [3.05, 3.63) is 53.4 Å². The van der Waals surface area contributed by atoms with E-state index in [2.05, 4.69) is 20.1 Å². The van der Waals surface area contributed by atoms with E-state index in [0.29, 0.717) is 24.7 Å². The summed E-state index contributed by atoms with van der Waals surface area (Å²) in [5, 5.41) is 13.3. The quantitative estimate of drug-likeness (QED) is 0.623. The van der Waals surface area contributed by atoms with Crippen LogP contribution in [0.5, 0.6) is 0 Å². The summed E-state index contributed by atoms with van der Waals surface area (Å²) in [7, 11) is 0. The van der Waals surface area contributed by atoms with Crippen molar-refractivity contribution in [2.24, 2.45) is 5.41 Å². The number of carbonyl (C=O) groups is 2. The van der Waals surface area contributed by atoms with Crippen LogP contribution >= 0.6 is 0 Å². The minimum atomic E-state index is -0.927. The number of amides is 1. The molecule has 0 fully saturated rings. The minimum absolute atomic E-state index is 0.0926. The average Bonchev–Trinajstić information content (AvgIpc) is 3.34. The summed E-state index contributed by atoms with van der Waals surface area (Å²) >= 11 is 0. The first-order valence-corrected chi connectivity index (χ1v) is 10.1. The van der Waals surface area contributed by atoms with Crippen LogP contribution in [0.2, 0.25) is 0 Å². The lowest BCUT2D eigenvalue weighted by Crippen LogP contribution is -2.41. The predicted octanol–water partition coefficient (Wildman–Crippen LogP) is 3.29. The molecule has 4 rings (SSSR count). The van der Waals surface area contributed by atoms with Gasteiger partial charge in [0.25, 0.3) is 0 Å². The second-order valence-electron chi connectivity index (χ2n) is 8.81. The van der Waals surface area contributed by atoms with Crippen molar-refractivity contribution >= 4 is 11.9 Å². The van der Waals surface area contributed by atoms with Gasteiger partial charge in [-0.2, -0.15) is 4.98 Å². The maximum atomic E-state index is 13.2. The van der Waals surface area contributed by atoms with Crippen molar-refractivity contribution in [2.75, 3.05) is 0 Å². The molecular formula is C22H25N5O4. The Hall–Kier alpha value is -3.49. The molecule has 3 aromatic rings. The molecule has 2 N–H and O–H groups in total. The molecule has 9 nitrogen and oxygen atoms in total. The Bertz CT molecular complexity index is 1120. The molecule has 0 bridgehead atoms. The van der Waals surface area contributed by atoms with E-state index in [4.69, 9.17) is 9.63 Å². The number of aliphatic carboxylic acids is 1. The Morgan fingerprint density at radius 2 is 2.13 bits per heavy atom. The van der Waals surface area contributed by atoms with Gasteiger partial charge in [-0.1, -0.05) is 42.8 Å². The molecule has 1 aliphatic heterocycles. The highest BCUT2D eigenvalue weighted by Gasteiger charge is 2.38. The number of aromatic amines is 1. The van der Waals surface area contributed by atoms with Gasteiger partial charge in [0.2, 0.25) is 17.6 Å². The molecule has 0 saturated carbocycles. The third-order valence-electron chi connectivity index (χ3n) is 5.48. The molecule has 1 aromatic carbocycles. The van der Waals surface area contributed by atoms with Gasteiger partial charge in [-0.05, 0) is 18.4 Å². The third kappa shape index (κ3) is 4.50. The van der Waals surface area contributed by atoms with Gasteiger partial charge < -0.3 is 19.5 Å². The summed E-state index contributed by atoms with van der Waals surface area (Å²) in [6.07, 6.45) is 2.05. The van der Waals surface area contributed by atoms with Crippen LogP contribution in [0.3, 0.4) is 0 Å². The van der Waals surface area contributed by atoms with Crippen LogP contribution in [0, 0.1) is 12.3 Å². The van der Waals surface area contributed by atoms with Gasteiger partial charge in [0, 0.05) is 18.4 Å². The number of fused-ring (bicyclic) bond motifs is 1. The molecule has 0 radical (unpaired) electrons. The number of hydrogen-bond donors (Lipinski definition) is 2. The maximum absolute atomic E-state index is 13.2. The molecule has 1 atom stereocenters. The van der Waals surface area contributed by atoms with Gasteiger partial charge in [0.05, 0.1) is 30.7 Å². The molecule has 1 aliphatic rings. The van der Waals surface area contributed by atoms with Crippen LogP contribution < -0.4 is 0 Å². The summed E-state index contributed by atoms with van der Waals surface area (Å²) < 4.78 is 5.58. The van der Waals surface area contributed by atoms with Gasteiger partial charge >= 0.3 is 5.97 Å². The largest absolute Gasteiger partial charge is 0.481 e. The van der Waals surface area contributed by atoms with Crippen LogP contribution in [-0.2, 0) is 22.6 Å². The molecule has 1 amide bonds. The van der Waals surface area contributed by atoms with E-state index in [-0.39, 0.29) is 18.7 Å². The highest BCUT2D eigenvalue weighted by Crippen LogP contribution is 2.35. The molecular weight excluding hydrogens is 398 g/mol. The lowest BCUT2D eigenvalue weighted by Gasteiger charge is -2.35. The highest BCUT2D eigenvalue weighted by molar-refractivity contribution is 5.78. The number of benzene rings is 1. The van der Waals surface area contributed by atoms with E-state index in [1.165, 1.54) is 0 Å². The zero-order chi connectivity index (χ0) is 22.2. The minimum Gasteiger partial charge on any atom is -0.481 e. The van der Waals surface area contributed by atoms with Crippen molar-refractivity contribution in [3.63, 3.8) is 0 Å². The molecule has 0 aliphatic carbocycles. The van der Waals surface area contributed by atoms with Crippen molar-refractivity contribution in [1.82, 2.24) is 25.0 Å². The topological polar surface area (TPSA) is 125 Å². The van der Waals surface area contributed by atoms with Gasteiger partial charge in [-0.25, -0.2) is 4.98 Å². The molecule has 9 heteroatoms. The lowest BCUT2D eigenvalue weighted by atomic mass is 9.84. The van der Waals surface area contributed by atoms with Crippen LogP contribution in [0.1, 0.15) is 55.6 Å². The highest BCUT2D eigenvalue weighted by atomic mass is 16.5. The third-order valence-corrected chi connectivity index (χ3v) is 5.48. The summed E-state index contributed by atoms with van der Waals surface area (Å²) in [4.78, 5) is 38.1. The standard InChI is InChI=1S/C22H25N5O4/c1-13-5-4-6-14(7-13)20-25-21(31-26-20)17-8-15-16(24-12-23-15)11-27(17)18(28)9-22(2,3)10-19(29)30/h4-7,12,17H,8-11H2,1-3H3,(H,23,24)(H,29,30)/t17-/m0/s1. The molecule has 0 saturated heterocycles. The van der Waals surface area contributed by atoms with E-state index >= 15 is 0 Å². The van der Waals surface area contributed by atoms with E-state index in [0.717, 1.165) is 22.5 Å². The summed E-state index contributed by atoms with van der Waals surface area (Å²) in [5.74, 6) is -0.282. The maximum Gasteiger partial charge on any atom is 0.303 e. The van der Waals surface area contributed by atoms with Gasteiger partial charge in [0.15, 0.2) is 0 Å². The molecule has 0 spiro atoms. The first kappa shape index (κ1) is 20.8. The number of carbonyl (C=O) groups excluding carboxylic acids is 1. The fourth-order valence-electron chi connectivity index (χ4n) is 3.97. The number of nitrogens with zero attached hydrogens (tertiary/aromatic N) is 4. The molecule has 0 unspecified atom stereocenters. The van der Waals surface area contributed by atoms with Crippen LogP contribution in [-0.4, -0.2) is 42.0 Å². The molecule has 162 valence electrons. The monoisotopic (exact) mass is 423 g/mol. The van der Waals surface area contributed by atoms with Gasteiger partial charge in [0.1, 0.15) is 6.04 Å². The zero-order valence-corrected chi connectivity index (χ0v) is 17.8. The van der Waals surface area contributed by atoms with E-state index < -0.39 is 17.4 Å². The summed E-state index contributed by atoms with van der Waals surface area (Å²) in [6.45, 7) is 5.87. The summed E-state index contributed by atoms with van der Waals surface area (Å²) in [6, 6.07) is 7.33. The van der Waals surface area contributed by atoms with E-state index in [1.54, 1.807) is 25.1 Å². The second-order valence-corrected chi connectivity index (χ2v) is 8.81. The van der Waals surface area contributed by atoms with Gasteiger partial charge in [-0.15, -0.1) is 0 Å². The van der Waals surface area contributed by atoms with Crippen molar-refractivity contribution in [2.45, 2.75) is 52.6 Å². The molecule has 3 heterocycles. The number of rotatable bonds is 6. The Kier molecular flexibility index (Phi) is 5.34.